The van der Waals surface area contributed by atoms with Crippen molar-refractivity contribution in [2.45, 2.75) is 0 Å². The Morgan fingerprint density at radius 1 is 0.438 bits per heavy atom. The maximum absolute atomic E-state index is 6.44. The first-order valence-corrected chi connectivity index (χ1v) is 10.9. The first-order chi connectivity index (χ1) is 15.7. The summed E-state index contributed by atoms with van der Waals surface area (Å²) in [5.41, 5.74) is 4.54. The third-order valence-corrected chi connectivity index (χ3v) is 5.62. The Bertz CT molecular complexity index is 1330. The minimum Gasteiger partial charge on any atom is -0.208 e. The number of benzene rings is 4. The van der Waals surface area contributed by atoms with Crippen LogP contribution >= 0.6 is 23.2 Å². The summed E-state index contributed by atoms with van der Waals surface area (Å²) < 4.78 is 0. The first-order valence-electron chi connectivity index (χ1n) is 10.1. The maximum Gasteiger partial charge on any atom is 0.164 e. The molecular weight excluding hydrogens is 437 g/mol. The molecule has 0 saturated heterocycles. The molecule has 1 heterocycles. The van der Waals surface area contributed by atoms with Gasteiger partial charge in [-0.05, 0) is 29.8 Å². The van der Waals surface area contributed by atoms with Crippen molar-refractivity contribution >= 4 is 23.2 Å². The smallest absolute Gasteiger partial charge is 0.164 e. The summed E-state index contributed by atoms with van der Waals surface area (Å²) in [6, 6.07) is 33.3. The van der Waals surface area contributed by atoms with Gasteiger partial charge in [0.05, 0.1) is 0 Å². The predicted molar refractivity (Wildman–Crippen MR) is 132 cm³/mol. The van der Waals surface area contributed by atoms with Gasteiger partial charge in [-0.25, -0.2) is 15.0 Å². The number of hydrogen-bond donors (Lipinski definition) is 0. The number of halogens is 2. The van der Waals surface area contributed by atoms with E-state index in [1.807, 2.05) is 91.0 Å². The van der Waals surface area contributed by atoms with Crippen molar-refractivity contribution in [3.05, 3.63) is 113 Å². The predicted octanol–water partition coefficient (Wildman–Crippen LogP) is 7.85. The van der Waals surface area contributed by atoms with Crippen LogP contribution in [0.4, 0.5) is 0 Å². The quantitative estimate of drug-likeness (QED) is 0.278. The molecule has 3 nitrogen and oxygen atoms in total. The van der Waals surface area contributed by atoms with Crippen LogP contribution in [0.3, 0.4) is 0 Å². The van der Waals surface area contributed by atoms with Gasteiger partial charge in [-0.15, -0.1) is 0 Å². The highest BCUT2D eigenvalue weighted by Gasteiger charge is 2.13. The van der Waals surface area contributed by atoms with E-state index in [1.165, 1.54) is 0 Å². The summed E-state index contributed by atoms with van der Waals surface area (Å²) in [5, 5.41) is 1.27. The average molecular weight is 454 g/mol. The fraction of sp³-hybridized carbons (Fsp3) is 0. The Morgan fingerprint density at radius 3 is 1.53 bits per heavy atom. The molecule has 0 unspecified atom stereocenters. The fourth-order valence-electron chi connectivity index (χ4n) is 3.48. The molecule has 0 bridgehead atoms. The highest BCUT2D eigenvalue weighted by molar-refractivity contribution is 6.35. The van der Waals surface area contributed by atoms with Gasteiger partial charge in [0, 0.05) is 32.3 Å². The summed E-state index contributed by atoms with van der Waals surface area (Å²) in [7, 11) is 0. The zero-order valence-corrected chi connectivity index (χ0v) is 18.4. The second-order valence-corrected chi connectivity index (χ2v) is 8.09. The number of hydrogen-bond acceptors (Lipinski definition) is 3. The van der Waals surface area contributed by atoms with Gasteiger partial charge in [-0.1, -0.05) is 102 Å². The zero-order valence-electron chi connectivity index (χ0n) is 16.9. The van der Waals surface area contributed by atoms with E-state index in [0.717, 1.165) is 27.8 Å². The minimum absolute atomic E-state index is 0.595. The monoisotopic (exact) mass is 453 g/mol. The Labute approximate surface area is 196 Å². The summed E-state index contributed by atoms with van der Waals surface area (Å²) >= 11 is 12.6. The van der Waals surface area contributed by atoms with Crippen molar-refractivity contribution in [1.82, 2.24) is 15.0 Å². The van der Waals surface area contributed by atoms with Gasteiger partial charge in [-0.3, -0.25) is 0 Å². The molecule has 0 aliphatic carbocycles. The summed E-state index contributed by atoms with van der Waals surface area (Å²) in [5.74, 6) is 1.85. The third kappa shape index (κ3) is 4.26. The van der Waals surface area contributed by atoms with Crippen LogP contribution < -0.4 is 0 Å². The molecule has 0 aliphatic rings. The molecular formula is C27H17Cl2N3. The van der Waals surface area contributed by atoms with E-state index in [-0.39, 0.29) is 0 Å². The molecule has 154 valence electrons. The van der Waals surface area contributed by atoms with Crippen molar-refractivity contribution in [3.63, 3.8) is 0 Å². The SMILES string of the molecule is Clc1ccc(Cl)c(-c2cccc(-c3nc(-c4ccccc4)nc(-c4ccccc4)n3)c2)c1. The normalized spacial score (nSPS) is 10.8. The van der Waals surface area contributed by atoms with Gasteiger partial charge in [0.15, 0.2) is 17.5 Å². The van der Waals surface area contributed by atoms with Crippen molar-refractivity contribution in [3.8, 4) is 45.3 Å². The molecule has 32 heavy (non-hydrogen) atoms. The average Bonchev–Trinajstić information content (AvgIpc) is 2.86. The van der Waals surface area contributed by atoms with E-state index in [0.29, 0.717) is 27.5 Å². The van der Waals surface area contributed by atoms with Crippen LogP contribution in [0.25, 0.3) is 45.3 Å². The van der Waals surface area contributed by atoms with Crippen molar-refractivity contribution in [2.24, 2.45) is 0 Å². The van der Waals surface area contributed by atoms with Crippen molar-refractivity contribution in [2.75, 3.05) is 0 Å². The van der Waals surface area contributed by atoms with Crippen LogP contribution in [0.2, 0.25) is 10.0 Å². The van der Waals surface area contributed by atoms with Crippen LogP contribution in [0.5, 0.6) is 0 Å². The maximum atomic E-state index is 6.44. The van der Waals surface area contributed by atoms with E-state index in [9.17, 15) is 0 Å². The molecule has 0 fully saturated rings. The fourth-order valence-corrected chi connectivity index (χ4v) is 3.88. The molecule has 1 aromatic heterocycles. The van der Waals surface area contributed by atoms with E-state index in [1.54, 1.807) is 12.1 Å². The number of rotatable bonds is 4. The molecule has 5 aromatic rings. The number of nitrogens with zero attached hydrogens (tertiary/aromatic N) is 3. The topological polar surface area (TPSA) is 38.7 Å². The largest absolute Gasteiger partial charge is 0.208 e. The molecule has 5 rings (SSSR count). The van der Waals surface area contributed by atoms with Gasteiger partial charge in [0.25, 0.3) is 0 Å². The van der Waals surface area contributed by atoms with Gasteiger partial charge in [0.2, 0.25) is 0 Å². The van der Waals surface area contributed by atoms with Crippen LogP contribution in [0.15, 0.2) is 103 Å². The molecule has 0 N–H and O–H groups in total. The van der Waals surface area contributed by atoms with Gasteiger partial charge in [-0.2, -0.15) is 0 Å². The lowest BCUT2D eigenvalue weighted by molar-refractivity contribution is 1.07. The molecule has 0 atom stereocenters. The van der Waals surface area contributed by atoms with E-state index in [4.69, 9.17) is 38.2 Å². The standard InChI is InChI=1S/C27H17Cl2N3/c28-22-14-15-24(29)23(17-22)20-12-7-13-21(16-20)27-31-25(18-8-3-1-4-9-18)30-26(32-27)19-10-5-2-6-11-19/h1-17H. The highest BCUT2D eigenvalue weighted by atomic mass is 35.5. The van der Waals surface area contributed by atoms with Gasteiger partial charge < -0.3 is 0 Å². The minimum atomic E-state index is 0.595. The summed E-state index contributed by atoms with van der Waals surface area (Å²) in [6.07, 6.45) is 0. The zero-order chi connectivity index (χ0) is 21.9. The Hall–Kier alpha value is -3.53. The lowest BCUT2D eigenvalue weighted by Crippen LogP contribution is -2.00. The molecule has 0 radical (unpaired) electrons. The Kier molecular flexibility index (Phi) is 5.68. The number of aromatic nitrogens is 3. The van der Waals surface area contributed by atoms with Crippen LogP contribution in [0.1, 0.15) is 0 Å². The summed E-state index contributed by atoms with van der Waals surface area (Å²) in [6.45, 7) is 0. The highest BCUT2D eigenvalue weighted by Crippen LogP contribution is 2.33. The van der Waals surface area contributed by atoms with Gasteiger partial charge >= 0.3 is 0 Å². The molecule has 4 aromatic carbocycles. The lowest BCUT2D eigenvalue weighted by atomic mass is 10.0. The Morgan fingerprint density at radius 2 is 0.938 bits per heavy atom. The van der Waals surface area contributed by atoms with E-state index >= 15 is 0 Å². The molecule has 0 saturated carbocycles. The summed E-state index contributed by atoms with van der Waals surface area (Å²) in [4.78, 5) is 14.3. The molecule has 0 spiro atoms. The second kappa shape index (κ2) is 8.91. The van der Waals surface area contributed by atoms with Gasteiger partial charge in [0.1, 0.15) is 0 Å². The molecule has 0 aliphatic heterocycles. The lowest BCUT2D eigenvalue weighted by Gasteiger charge is -2.10. The van der Waals surface area contributed by atoms with Crippen LogP contribution in [0, 0.1) is 0 Å². The van der Waals surface area contributed by atoms with Crippen molar-refractivity contribution < 1.29 is 0 Å². The first kappa shape index (κ1) is 20.4. The molecule has 5 heteroatoms. The van der Waals surface area contributed by atoms with E-state index < -0.39 is 0 Å². The second-order valence-electron chi connectivity index (χ2n) is 7.24. The van der Waals surface area contributed by atoms with E-state index in [2.05, 4.69) is 0 Å². The van der Waals surface area contributed by atoms with Crippen LogP contribution in [-0.4, -0.2) is 15.0 Å². The van der Waals surface area contributed by atoms with Crippen LogP contribution in [-0.2, 0) is 0 Å². The molecule has 0 amide bonds. The third-order valence-electron chi connectivity index (χ3n) is 5.06. The Balaban J connectivity index is 1.67. The van der Waals surface area contributed by atoms with Crippen molar-refractivity contribution in [1.29, 1.82) is 0 Å².